The average Bonchev–Trinajstić information content (AvgIpc) is 3.23. The monoisotopic (exact) mass is 267 g/mol. The average molecular weight is 267 g/mol. The quantitative estimate of drug-likeness (QED) is 0.767. The number of hydrogen-bond acceptors (Lipinski definition) is 3. The third-order valence-corrected chi connectivity index (χ3v) is 4.10. The number of hydrogen-bond donors (Lipinski definition) is 2. The molecule has 3 N–H and O–H groups in total. The molecule has 0 aromatic heterocycles. The maximum Gasteiger partial charge on any atom is 0.224 e. The fourth-order valence-corrected chi connectivity index (χ4v) is 2.44. The summed E-state index contributed by atoms with van der Waals surface area (Å²) >= 11 is 0. The minimum absolute atomic E-state index is 0.0280. The molecule has 2 amide bonds. The van der Waals surface area contributed by atoms with Crippen molar-refractivity contribution in [3.05, 3.63) is 0 Å². The Morgan fingerprint density at radius 2 is 1.89 bits per heavy atom. The molecule has 5 heteroatoms. The molecule has 2 aliphatic rings. The van der Waals surface area contributed by atoms with E-state index >= 15 is 0 Å². The predicted molar refractivity (Wildman–Crippen MR) is 73.4 cm³/mol. The molecule has 0 radical (unpaired) electrons. The Morgan fingerprint density at radius 1 is 1.26 bits per heavy atom. The molecule has 1 unspecified atom stereocenters. The summed E-state index contributed by atoms with van der Waals surface area (Å²) in [4.78, 5) is 25.5. The van der Waals surface area contributed by atoms with Crippen molar-refractivity contribution in [2.75, 3.05) is 13.1 Å². The molecule has 2 rings (SSSR count). The van der Waals surface area contributed by atoms with Gasteiger partial charge in [0.2, 0.25) is 11.8 Å². The second-order valence-corrected chi connectivity index (χ2v) is 5.81. The maximum atomic E-state index is 12.0. The number of rotatable bonds is 5. The number of amides is 2. The Kier molecular flexibility index (Phi) is 4.80. The molecule has 0 bridgehead atoms. The highest BCUT2D eigenvalue weighted by atomic mass is 16.2. The van der Waals surface area contributed by atoms with Gasteiger partial charge >= 0.3 is 0 Å². The smallest absolute Gasteiger partial charge is 0.224 e. The Balaban J connectivity index is 1.69. The zero-order valence-electron chi connectivity index (χ0n) is 11.7. The van der Waals surface area contributed by atoms with Gasteiger partial charge in [0.15, 0.2) is 0 Å². The predicted octanol–water partition coefficient (Wildman–Crippen LogP) is 0.631. The summed E-state index contributed by atoms with van der Waals surface area (Å²) in [6.45, 7) is 3.48. The highest BCUT2D eigenvalue weighted by Gasteiger charge is 2.32. The van der Waals surface area contributed by atoms with Crippen LogP contribution in [0.15, 0.2) is 0 Å². The number of nitrogens with one attached hydrogen (secondary N) is 1. The molecule has 5 nitrogen and oxygen atoms in total. The largest absolute Gasteiger partial charge is 0.353 e. The zero-order valence-corrected chi connectivity index (χ0v) is 11.7. The third-order valence-electron chi connectivity index (χ3n) is 4.10. The first-order chi connectivity index (χ1) is 9.10. The van der Waals surface area contributed by atoms with E-state index < -0.39 is 0 Å². The molecular weight excluding hydrogens is 242 g/mol. The van der Waals surface area contributed by atoms with Crippen molar-refractivity contribution in [3.8, 4) is 0 Å². The van der Waals surface area contributed by atoms with Crippen molar-refractivity contribution in [1.29, 1.82) is 0 Å². The number of piperidine rings is 1. The van der Waals surface area contributed by atoms with E-state index in [-0.39, 0.29) is 29.8 Å². The van der Waals surface area contributed by atoms with Crippen molar-refractivity contribution >= 4 is 11.8 Å². The van der Waals surface area contributed by atoms with E-state index in [2.05, 4.69) is 5.32 Å². The SMILES string of the molecule is CCC(N)CC(=O)N1CCC(NC(=O)C2CC2)CC1. The second kappa shape index (κ2) is 6.37. The van der Waals surface area contributed by atoms with Gasteiger partial charge in [0, 0.05) is 37.5 Å². The summed E-state index contributed by atoms with van der Waals surface area (Å²) in [7, 11) is 0. The van der Waals surface area contributed by atoms with Gasteiger partial charge in [0.1, 0.15) is 0 Å². The minimum atomic E-state index is -0.0280. The highest BCUT2D eigenvalue weighted by Crippen LogP contribution is 2.29. The Morgan fingerprint density at radius 3 is 2.42 bits per heavy atom. The number of carbonyl (C=O) groups is 2. The van der Waals surface area contributed by atoms with Crippen molar-refractivity contribution in [2.45, 2.75) is 57.5 Å². The van der Waals surface area contributed by atoms with Crippen LogP contribution in [0.3, 0.4) is 0 Å². The van der Waals surface area contributed by atoms with Crippen molar-refractivity contribution < 1.29 is 9.59 Å². The van der Waals surface area contributed by atoms with E-state index in [4.69, 9.17) is 5.73 Å². The molecular formula is C14H25N3O2. The van der Waals surface area contributed by atoms with Crippen LogP contribution in [0.25, 0.3) is 0 Å². The normalized spacial score (nSPS) is 22.1. The molecule has 1 aliphatic heterocycles. The summed E-state index contributed by atoms with van der Waals surface area (Å²) in [5.41, 5.74) is 5.81. The molecule has 0 aromatic carbocycles. The summed E-state index contributed by atoms with van der Waals surface area (Å²) in [5, 5.41) is 3.09. The topological polar surface area (TPSA) is 75.4 Å². The molecule has 0 aromatic rings. The summed E-state index contributed by atoms with van der Waals surface area (Å²) in [6, 6.07) is 0.219. The number of nitrogens with zero attached hydrogens (tertiary/aromatic N) is 1. The van der Waals surface area contributed by atoms with E-state index in [9.17, 15) is 9.59 Å². The first-order valence-corrected chi connectivity index (χ1v) is 7.44. The lowest BCUT2D eigenvalue weighted by atomic mass is 10.0. The van der Waals surface area contributed by atoms with Gasteiger partial charge in [-0.3, -0.25) is 9.59 Å². The lowest BCUT2D eigenvalue weighted by molar-refractivity contribution is -0.132. The van der Waals surface area contributed by atoms with Crippen LogP contribution >= 0.6 is 0 Å². The van der Waals surface area contributed by atoms with Crippen LogP contribution < -0.4 is 11.1 Å². The van der Waals surface area contributed by atoms with Crippen LogP contribution in [0.1, 0.15) is 45.4 Å². The molecule has 1 aliphatic carbocycles. The van der Waals surface area contributed by atoms with Crippen LogP contribution in [0, 0.1) is 5.92 Å². The van der Waals surface area contributed by atoms with Crippen molar-refractivity contribution in [1.82, 2.24) is 10.2 Å². The van der Waals surface area contributed by atoms with Crippen LogP contribution in [-0.2, 0) is 9.59 Å². The zero-order chi connectivity index (χ0) is 13.8. The first kappa shape index (κ1) is 14.3. The molecule has 19 heavy (non-hydrogen) atoms. The van der Waals surface area contributed by atoms with E-state index in [0.29, 0.717) is 6.42 Å². The Hall–Kier alpha value is -1.10. The molecule has 108 valence electrons. The van der Waals surface area contributed by atoms with E-state index in [1.54, 1.807) is 0 Å². The number of nitrogens with two attached hydrogens (primary N) is 1. The molecule has 1 heterocycles. The molecule has 1 atom stereocenters. The lowest BCUT2D eigenvalue weighted by Gasteiger charge is -2.33. The van der Waals surface area contributed by atoms with Gasteiger partial charge < -0.3 is 16.0 Å². The number of carbonyl (C=O) groups excluding carboxylic acids is 2. The maximum absolute atomic E-state index is 12.0. The summed E-state index contributed by atoms with van der Waals surface area (Å²) in [5.74, 6) is 0.626. The van der Waals surface area contributed by atoms with E-state index in [1.807, 2.05) is 11.8 Å². The number of likely N-dealkylation sites (tertiary alicyclic amines) is 1. The lowest BCUT2D eigenvalue weighted by Crippen LogP contribution is -2.47. The third kappa shape index (κ3) is 4.20. The fourth-order valence-electron chi connectivity index (χ4n) is 2.44. The van der Waals surface area contributed by atoms with Crippen LogP contribution in [-0.4, -0.2) is 41.9 Å². The summed E-state index contributed by atoms with van der Waals surface area (Å²) in [6.07, 6.45) is 5.09. The molecule has 0 spiro atoms. The minimum Gasteiger partial charge on any atom is -0.353 e. The van der Waals surface area contributed by atoms with E-state index in [1.165, 1.54) is 0 Å². The van der Waals surface area contributed by atoms with Crippen molar-refractivity contribution in [2.24, 2.45) is 11.7 Å². The van der Waals surface area contributed by atoms with Crippen LogP contribution in [0.4, 0.5) is 0 Å². The first-order valence-electron chi connectivity index (χ1n) is 7.44. The van der Waals surface area contributed by atoms with Gasteiger partial charge in [-0.2, -0.15) is 0 Å². The Labute approximate surface area is 114 Å². The van der Waals surface area contributed by atoms with Crippen LogP contribution in [0.2, 0.25) is 0 Å². The highest BCUT2D eigenvalue weighted by molar-refractivity contribution is 5.81. The van der Waals surface area contributed by atoms with Gasteiger partial charge in [0.05, 0.1) is 0 Å². The van der Waals surface area contributed by atoms with Crippen LogP contribution in [0.5, 0.6) is 0 Å². The molecule has 1 saturated carbocycles. The van der Waals surface area contributed by atoms with Gasteiger partial charge in [-0.05, 0) is 32.1 Å². The molecule has 1 saturated heterocycles. The van der Waals surface area contributed by atoms with E-state index in [0.717, 1.165) is 45.2 Å². The van der Waals surface area contributed by atoms with Gasteiger partial charge in [-0.1, -0.05) is 6.92 Å². The Bertz CT molecular complexity index is 334. The van der Waals surface area contributed by atoms with Gasteiger partial charge in [-0.15, -0.1) is 0 Å². The second-order valence-electron chi connectivity index (χ2n) is 5.81. The standard InChI is InChI=1S/C14H25N3O2/c1-2-11(15)9-13(18)17-7-5-12(6-8-17)16-14(19)10-3-4-10/h10-12H,2-9,15H2,1H3,(H,16,19). The molecule has 2 fully saturated rings. The van der Waals surface area contributed by atoms with Crippen molar-refractivity contribution in [3.63, 3.8) is 0 Å². The summed E-state index contributed by atoms with van der Waals surface area (Å²) < 4.78 is 0. The van der Waals surface area contributed by atoms with Gasteiger partial charge in [-0.25, -0.2) is 0 Å². The fraction of sp³-hybridized carbons (Fsp3) is 0.857. The van der Waals surface area contributed by atoms with Gasteiger partial charge in [0.25, 0.3) is 0 Å².